The van der Waals surface area contributed by atoms with Gasteiger partial charge in [0.15, 0.2) is 0 Å². The summed E-state index contributed by atoms with van der Waals surface area (Å²) in [5.41, 5.74) is 12.1. The van der Waals surface area contributed by atoms with Crippen LogP contribution in [-0.4, -0.2) is 26.9 Å². The van der Waals surface area contributed by atoms with Crippen LogP contribution >= 0.6 is 0 Å². The van der Waals surface area contributed by atoms with Crippen LogP contribution in [0.4, 0.5) is 0 Å². The highest BCUT2D eigenvalue weighted by Crippen LogP contribution is 2.11. The van der Waals surface area contributed by atoms with E-state index in [1.807, 2.05) is 18.6 Å². The number of carbonyl (C=O) groups excluding carboxylic acids is 1. The van der Waals surface area contributed by atoms with Gasteiger partial charge in [-0.05, 0) is 43.0 Å². The zero-order valence-electron chi connectivity index (χ0n) is 12.4. The molecule has 1 amide bonds. The van der Waals surface area contributed by atoms with Crippen molar-refractivity contribution >= 4 is 15.9 Å². The van der Waals surface area contributed by atoms with Crippen molar-refractivity contribution in [3.63, 3.8) is 0 Å². The predicted molar refractivity (Wildman–Crippen MR) is 82.0 cm³/mol. The van der Waals surface area contributed by atoms with Crippen LogP contribution in [0.5, 0.6) is 0 Å². The summed E-state index contributed by atoms with van der Waals surface area (Å²) in [6, 6.07) is 5.43. The zero-order chi connectivity index (χ0) is 16.0. The van der Waals surface area contributed by atoms with Crippen LogP contribution in [0.1, 0.15) is 25.8 Å². The molecule has 0 aromatic heterocycles. The number of sulfonamides is 1. The summed E-state index contributed by atoms with van der Waals surface area (Å²) in [7, 11) is -3.88. The molecule has 1 aromatic rings. The molecular weight excluding hydrogens is 290 g/mol. The summed E-state index contributed by atoms with van der Waals surface area (Å²) >= 11 is 0. The summed E-state index contributed by atoms with van der Waals surface area (Å²) < 4.78 is 26.2. The molecule has 0 spiro atoms. The van der Waals surface area contributed by atoms with E-state index in [0.29, 0.717) is 19.4 Å². The second-order valence-electron chi connectivity index (χ2n) is 5.39. The monoisotopic (exact) mass is 313 g/mol. The van der Waals surface area contributed by atoms with Crippen molar-refractivity contribution < 1.29 is 13.2 Å². The number of carbonyl (C=O) groups is 1. The van der Waals surface area contributed by atoms with Crippen LogP contribution in [0.15, 0.2) is 29.2 Å². The van der Waals surface area contributed by atoms with Gasteiger partial charge in [-0.25, -0.2) is 13.1 Å². The fraction of sp³-hybridized carbons (Fsp3) is 0.500. The van der Waals surface area contributed by atoms with Crippen LogP contribution in [-0.2, 0) is 21.2 Å². The molecule has 0 heterocycles. The fourth-order valence-electron chi connectivity index (χ4n) is 1.88. The van der Waals surface area contributed by atoms with Crippen molar-refractivity contribution in [3.05, 3.63) is 29.8 Å². The number of rotatable bonds is 7. The first-order chi connectivity index (χ1) is 9.76. The number of benzene rings is 1. The van der Waals surface area contributed by atoms with E-state index >= 15 is 0 Å². The molecule has 21 heavy (non-hydrogen) atoms. The molecule has 0 fully saturated rings. The smallest absolute Gasteiger partial charge is 0.264 e. The number of hydrogen-bond donors (Lipinski definition) is 3. The van der Waals surface area contributed by atoms with E-state index in [-0.39, 0.29) is 10.8 Å². The van der Waals surface area contributed by atoms with Gasteiger partial charge in [0.25, 0.3) is 15.9 Å². The predicted octanol–water partition coefficient (Wildman–Crippen LogP) is 0.366. The molecule has 0 aliphatic carbocycles. The van der Waals surface area contributed by atoms with Crippen LogP contribution in [0.3, 0.4) is 0 Å². The third-order valence-corrected chi connectivity index (χ3v) is 4.33. The molecular formula is C14H23N3O3S. The molecule has 0 aliphatic heterocycles. The molecule has 0 bridgehead atoms. The Morgan fingerprint density at radius 3 is 2.29 bits per heavy atom. The van der Waals surface area contributed by atoms with Crippen LogP contribution < -0.4 is 16.2 Å². The highest BCUT2D eigenvalue weighted by Gasteiger charge is 2.22. The van der Waals surface area contributed by atoms with E-state index < -0.39 is 22.0 Å². The first-order valence-electron chi connectivity index (χ1n) is 6.87. The summed E-state index contributed by atoms with van der Waals surface area (Å²) in [5.74, 6) is -0.473. The fourth-order valence-corrected chi connectivity index (χ4v) is 2.91. The van der Waals surface area contributed by atoms with Gasteiger partial charge in [0.2, 0.25) is 0 Å². The summed E-state index contributed by atoms with van der Waals surface area (Å²) in [6.07, 6.45) is 1.10. The van der Waals surface area contributed by atoms with Crippen molar-refractivity contribution in [2.45, 2.75) is 37.6 Å². The van der Waals surface area contributed by atoms with Crippen molar-refractivity contribution in [2.24, 2.45) is 17.4 Å². The highest BCUT2D eigenvalue weighted by atomic mass is 32.2. The second-order valence-corrected chi connectivity index (χ2v) is 7.07. The SMILES string of the molecule is CC(C)CC(N)C(=O)NS(=O)(=O)c1ccc(CCN)cc1. The van der Waals surface area contributed by atoms with Crippen molar-refractivity contribution in [3.8, 4) is 0 Å². The van der Waals surface area contributed by atoms with Crippen molar-refractivity contribution in [1.29, 1.82) is 0 Å². The molecule has 1 aromatic carbocycles. The van der Waals surface area contributed by atoms with Gasteiger partial charge in [-0.3, -0.25) is 4.79 Å². The Morgan fingerprint density at radius 2 is 1.81 bits per heavy atom. The van der Waals surface area contributed by atoms with Gasteiger partial charge in [0.1, 0.15) is 0 Å². The lowest BCUT2D eigenvalue weighted by Gasteiger charge is -2.14. The average molecular weight is 313 g/mol. The summed E-state index contributed by atoms with van der Waals surface area (Å²) in [4.78, 5) is 11.8. The molecule has 5 N–H and O–H groups in total. The molecule has 7 heteroatoms. The highest BCUT2D eigenvalue weighted by molar-refractivity contribution is 7.90. The average Bonchev–Trinajstić information content (AvgIpc) is 2.38. The van der Waals surface area contributed by atoms with Crippen LogP contribution in [0.25, 0.3) is 0 Å². The molecule has 1 unspecified atom stereocenters. The lowest BCUT2D eigenvalue weighted by atomic mass is 10.0. The molecule has 0 saturated heterocycles. The van der Waals surface area contributed by atoms with Gasteiger partial charge in [-0.15, -0.1) is 0 Å². The first kappa shape index (κ1) is 17.6. The Bertz CT molecular complexity index is 568. The van der Waals surface area contributed by atoms with Crippen molar-refractivity contribution in [1.82, 2.24) is 4.72 Å². The van der Waals surface area contributed by atoms with E-state index in [1.54, 1.807) is 12.1 Å². The van der Waals surface area contributed by atoms with Crippen LogP contribution in [0, 0.1) is 5.92 Å². The standard InChI is InChI=1S/C14H23N3O3S/c1-10(2)9-13(16)14(18)17-21(19,20)12-5-3-11(4-6-12)7-8-15/h3-6,10,13H,7-9,15-16H2,1-2H3,(H,17,18). The summed E-state index contributed by atoms with van der Waals surface area (Å²) in [5, 5.41) is 0. The minimum Gasteiger partial charge on any atom is -0.330 e. The third-order valence-electron chi connectivity index (χ3n) is 2.96. The quantitative estimate of drug-likeness (QED) is 0.672. The Hall–Kier alpha value is -1.44. The minimum absolute atomic E-state index is 0.0355. The number of nitrogens with one attached hydrogen (secondary N) is 1. The Balaban J connectivity index is 2.79. The van der Waals surface area contributed by atoms with Gasteiger partial charge in [0.05, 0.1) is 10.9 Å². The van der Waals surface area contributed by atoms with E-state index in [2.05, 4.69) is 0 Å². The molecule has 0 aliphatic rings. The largest absolute Gasteiger partial charge is 0.330 e. The number of nitrogens with two attached hydrogens (primary N) is 2. The van der Waals surface area contributed by atoms with E-state index in [9.17, 15) is 13.2 Å². The number of amides is 1. The number of hydrogen-bond acceptors (Lipinski definition) is 5. The maximum absolute atomic E-state index is 12.1. The maximum Gasteiger partial charge on any atom is 0.264 e. The summed E-state index contributed by atoms with van der Waals surface area (Å²) in [6.45, 7) is 4.32. The molecule has 0 saturated carbocycles. The van der Waals surface area contributed by atoms with Gasteiger partial charge in [-0.1, -0.05) is 26.0 Å². The molecule has 1 rings (SSSR count). The molecule has 6 nitrogen and oxygen atoms in total. The molecule has 0 radical (unpaired) electrons. The van der Waals surface area contributed by atoms with Gasteiger partial charge in [0, 0.05) is 0 Å². The lowest BCUT2D eigenvalue weighted by Crippen LogP contribution is -2.43. The van der Waals surface area contributed by atoms with Gasteiger partial charge >= 0.3 is 0 Å². The Morgan fingerprint density at radius 1 is 1.24 bits per heavy atom. The Kier molecular flexibility index (Phi) is 6.32. The van der Waals surface area contributed by atoms with E-state index in [1.165, 1.54) is 12.1 Å². The van der Waals surface area contributed by atoms with Gasteiger partial charge in [-0.2, -0.15) is 0 Å². The Labute approximate surface area is 126 Å². The topological polar surface area (TPSA) is 115 Å². The lowest BCUT2D eigenvalue weighted by molar-refractivity contribution is -0.120. The van der Waals surface area contributed by atoms with E-state index in [4.69, 9.17) is 11.5 Å². The van der Waals surface area contributed by atoms with Crippen molar-refractivity contribution in [2.75, 3.05) is 6.54 Å². The van der Waals surface area contributed by atoms with E-state index in [0.717, 1.165) is 5.56 Å². The molecule has 1 atom stereocenters. The zero-order valence-corrected chi connectivity index (χ0v) is 13.2. The van der Waals surface area contributed by atoms with Crippen LogP contribution in [0.2, 0.25) is 0 Å². The molecule has 118 valence electrons. The minimum atomic E-state index is -3.88. The van der Waals surface area contributed by atoms with Gasteiger partial charge < -0.3 is 11.5 Å². The maximum atomic E-state index is 12.1. The first-order valence-corrected chi connectivity index (χ1v) is 8.36. The third kappa shape index (κ3) is 5.45. The normalized spacial score (nSPS) is 13.2. The second kappa shape index (κ2) is 7.53.